The van der Waals surface area contributed by atoms with E-state index >= 15 is 0 Å². The average Bonchev–Trinajstić information content (AvgIpc) is 2.11. The minimum absolute atomic E-state index is 0.358. The molecule has 0 aromatic heterocycles. The van der Waals surface area contributed by atoms with Crippen LogP contribution >= 0.6 is 0 Å². The molecule has 16 heavy (non-hydrogen) atoms. The molecule has 94 valence electrons. The van der Waals surface area contributed by atoms with Crippen molar-refractivity contribution in [3.05, 3.63) is 0 Å². The number of carbonyl (C=O) groups is 1. The third kappa shape index (κ3) is 3.67. The van der Waals surface area contributed by atoms with Crippen LogP contribution in [0.15, 0.2) is 0 Å². The molecule has 1 rings (SSSR count). The molecule has 0 aromatic carbocycles. The summed E-state index contributed by atoms with van der Waals surface area (Å²) in [6.45, 7) is 8.11. The Kier molecular flexibility index (Phi) is 2.68. The Balaban J connectivity index is 2.51. The Morgan fingerprint density at radius 3 is 2.38 bits per heavy atom. The fourth-order valence-corrected chi connectivity index (χ4v) is 1.59. The number of methoxy groups -OCH3 is 1. The van der Waals surface area contributed by atoms with Gasteiger partial charge in [-0.1, -0.05) is 0 Å². The van der Waals surface area contributed by atoms with Crippen molar-refractivity contribution in [2.45, 2.75) is 51.7 Å². The lowest BCUT2D eigenvalue weighted by Gasteiger charge is -2.38. The van der Waals surface area contributed by atoms with Crippen molar-refractivity contribution in [2.24, 2.45) is 0 Å². The van der Waals surface area contributed by atoms with Gasteiger partial charge in [-0.15, -0.1) is 0 Å². The Labute approximate surface area is 102 Å². The van der Waals surface area contributed by atoms with Gasteiger partial charge < -0.3 is 14.4 Å². The number of hydrogen-bond acceptors (Lipinski definition) is 3. The highest BCUT2D eigenvalue weighted by Gasteiger charge is 2.33. The van der Waals surface area contributed by atoms with E-state index in [1.54, 1.807) is 11.8 Å². The number of rotatable bonds is 1. The summed E-state index contributed by atoms with van der Waals surface area (Å²) in [5.41, 5.74) is -1.23. The van der Waals surface area contributed by atoms with Crippen molar-refractivity contribution in [1.82, 2.24) is 4.90 Å². The summed E-state index contributed by atoms with van der Waals surface area (Å²) >= 11 is 0. The highest BCUT2D eigenvalue weighted by molar-refractivity contribution is 5.68. The van der Waals surface area contributed by atoms with Crippen LogP contribution in [0.1, 0.15) is 44.6 Å². The number of carbonyl (C=O) groups excluding carboxylic acids is 1. The summed E-state index contributed by atoms with van der Waals surface area (Å²) in [5, 5.41) is 0. The summed E-state index contributed by atoms with van der Waals surface area (Å²) < 4.78 is 31.9. The van der Waals surface area contributed by atoms with Crippen molar-refractivity contribution < 1.29 is 18.4 Å². The van der Waals surface area contributed by atoms with Crippen LogP contribution in [-0.4, -0.2) is 42.3 Å². The molecule has 4 nitrogen and oxygen atoms in total. The second-order valence-electron chi connectivity index (χ2n) is 5.52. The fourth-order valence-electron chi connectivity index (χ4n) is 1.59. The van der Waals surface area contributed by atoms with Gasteiger partial charge in [0.05, 0.1) is 9.71 Å². The molecule has 1 heterocycles. The van der Waals surface area contributed by atoms with Crippen LogP contribution in [0, 0.1) is 0 Å². The number of likely N-dealkylation sites (tertiary alicyclic amines) is 1. The van der Waals surface area contributed by atoms with E-state index in [0.29, 0.717) is 25.9 Å². The fraction of sp³-hybridized carbons (Fsp3) is 0.917. The van der Waals surface area contributed by atoms with Gasteiger partial charge in [-0.3, -0.25) is 0 Å². The first-order valence-corrected chi connectivity index (χ1v) is 5.58. The van der Waals surface area contributed by atoms with Gasteiger partial charge >= 0.3 is 6.09 Å². The van der Waals surface area contributed by atoms with E-state index in [1.807, 2.05) is 20.8 Å². The zero-order valence-corrected chi connectivity index (χ0v) is 10.5. The number of hydrogen-bond donors (Lipinski definition) is 0. The molecule has 0 aliphatic carbocycles. The third-order valence-electron chi connectivity index (χ3n) is 2.72. The smallest absolute Gasteiger partial charge is 0.410 e. The van der Waals surface area contributed by atoms with E-state index in [0.717, 1.165) is 0 Å². The van der Waals surface area contributed by atoms with Gasteiger partial charge in [-0.05, 0) is 40.5 Å². The molecule has 1 saturated heterocycles. The van der Waals surface area contributed by atoms with E-state index in [4.69, 9.17) is 13.6 Å². The Morgan fingerprint density at radius 1 is 1.38 bits per heavy atom. The van der Waals surface area contributed by atoms with Crippen molar-refractivity contribution in [3.63, 3.8) is 0 Å². The first kappa shape index (κ1) is 9.28. The molecule has 1 aliphatic rings. The number of piperidine rings is 1. The molecule has 0 saturated carbocycles. The van der Waals surface area contributed by atoms with E-state index in [-0.39, 0.29) is 6.09 Å². The van der Waals surface area contributed by atoms with Crippen LogP contribution < -0.4 is 0 Å². The quantitative estimate of drug-likeness (QED) is 0.697. The summed E-state index contributed by atoms with van der Waals surface area (Å²) in [6.07, 6.45) is 0.623. The summed E-state index contributed by atoms with van der Waals surface area (Å²) in [6, 6.07) is 0. The molecule has 4 heteroatoms. The number of nitrogens with zero attached hydrogens (tertiary/aromatic N) is 1. The highest BCUT2D eigenvalue weighted by atomic mass is 16.6. The molecule has 0 bridgehead atoms. The zero-order valence-electron chi connectivity index (χ0n) is 13.5. The predicted molar refractivity (Wildman–Crippen MR) is 62.5 cm³/mol. The van der Waals surface area contributed by atoms with Crippen LogP contribution in [-0.2, 0) is 9.47 Å². The molecule has 0 unspecified atom stereocenters. The summed E-state index contributed by atoms with van der Waals surface area (Å²) in [7, 11) is -2.40. The van der Waals surface area contributed by atoms with Gasteiger partial charge in [0.25, 0.3) is 0 Å². The van der Waals surface area contributed by atoms with Crippen molar-refractivity contribution in [3.8, 4) is 0 Å². The maximum Gasteiger partial charge on any atom is 0.410 e. The van der Waals surface area contributed by atoms with Crippen LogP contribution in [0.25, 0.3) is 0 Å². The van der Waals surface area contributed by atoms with E-state index in [2.05, 4.69) is 0 Å². The van der Waals surface area contributed by atoms with Crippen LogP contribution in [0.4, 0.5) is 4.79 Å². The molecule has 1 fully saturated rings. The molecular formula is C12H23NO3. The standard InChI is InChI=1S/C12H23NO3/c1-11(2,3)16-10(14)13-8-6-12(4,15-5)7-9-13/h6-9H2,1-5H3/i5D3. The molecular weight excluding hydrogens is 206 g/mol. The lowest BCUT2D eigenvalue weighted by atomic mass is 9.94. The minimum atomic E-state index is -2.40. The van der Waals surface area contributed by atoms with Gasteiger partial charge in [-0.25, -0.2) is 4.79 Å². The van der Waals surface area contributed by atoms with Gasteiger partial charge in [0.1, 0.15) is 5.60 Å². The topological polar surface area (TPSA) is 38.8 Å². The van der Waals surface area contributed by atoms with Gasteiger partial charge in [0, 0.05) is 20.1 Å². The van der Waals surface area contributed by atoms with Crippen LogP contribution in [0.3, 0.4) is 0 Å². The highest BCUT2D eigenvalue weighted by Crippen LogP contribution is 2.25. The third-order valence-corrected chi connectivity index (χ3v) is 2.72. The Bertz CT molecular complexity index is 328. The molecule has 0 aromatic rings. The molecule has 0 atom stereocenters. The van der Waals surface area contributed by atoms with Crippen LogP contribution in [0.5, 0.6) is 0 Å². The monoisotopic (exact) mass is 232 g/mol. The first-order chi connectivity index (χ1) is 8.40. The van der Waals surface area contributed by atoms with Crippen molar-refractivity contribution in [1.29, 1.82) is 0 Å². The van der Waals surface area contributed by atoms with E-state index in [9.17, 15) is 4.79 Å². The molecule has 0 spiro atoms. The SMILES string of the molecule is [2H]C([2H])([2H])OC1(C)CCN(C(=O)OC(C)(C)C)CC1. The van der Waals surface area contributed by atoms with Gasteiger partial charge in [0.15, 0.2) is 0 Å². The average molecular weight is 232 g/mol. The Morgan fingerprint density at radius 2 is 1.94 bits per heavy atom. The summed E-state index contributed by atoms with van der Waals surface area (Å²) in [5.74, 6) is 0. The lowest BCUT2D eigenvalue weighted by molar-refractivity contribution is -0.0479. The number of amides is 1. The van der Waals surface area contributed by atoms with Crippen molar-refractivity contribution >= 4 is 6.09 Å². The zero-order chi connectivity index (χ0) is 14.9. The van der Waals surface area contributed by atoms with E-state index in [1.165, 1.54) is 0 Å². The predicted octanol–water partition coefficient (Wildman–Crippen LogP) is 2.42. The second-order valence-corrected chi connectivity index (χ2v) is 5.52. The molecule has 1 amide bonds. The molecule has 1 aliphatic heterocycles. The summed E-state index contributed by atoms with van der Waals surface area (Å²) in [4.78, 5) is 13.5. The van der Waals surface area contributed by atoms with Gasteiger partial charge in [0.2, 0.25) is 0 Å². The number of ether oxygens (including phenoxy) is 2. The second kappa shape index (κ2) is 4.62. The largest absolute Gasteiger partial charge is 0.444 e. The first-order valence-electron chi connectivity index (χ1n) is 7.08. The maximum absolute atomic E-state index is 11.9. The lowest BCUT2D eigenvalue weighted by Crippen LogP contribution is -2.47. The van der Waals surface area contributed by atoms with Gasteiger partial charge in [-0.2, -0.15) is 0 Å². The Hall–Kier alpha value is -0.770. The normalized spacial score (nSPS) is 24.2. The minimum Gasteiger partial charge on any atom is -0.444 e. The van der Waals surface area contributed by atoms with Crippen LogP contribution in [0.2, 0.25) is 0 Å². The molecule has 0 radical (unpaired) electrons. The maximum atomic E-state index is 11.9. The van der Waals surface area contributed by atoms with E-state index < -0.39 is 18.2 Å². The molecule has 0 N–H and O–H groups in total. The van der Waals surface area contributed by atoms with Crippen molar-refractivity contribution in [2.75, 3.05) is 20.1 Å².